The highest BCUT2D eigenvalue weighted by Gasteiger charge is 2.18. The van der Waals surface area contributed by atoms with Gasteiger partial charge >= 0.3 is 12.0 Å². The van der Waals surface area contributed by atoms with Gasteiger partial charge in [0.05, 0.1) is 0 Å². The largest absolute Gasteiger partial charge is 0.480 e. The van der Waals surface area contributed by atoms with E-state index in [4.69, 9.17) is 5.11 Å². The van der Waals surface area contributed by atoms with Crippen molar-refractivity contribution in [2.75, 3.05) is 19.8 Å². The van der Waals surface area contributed by atoms with Crippen LogP contribution in [0.15, 0.2) is 0 Å². The minimum Gasteiger partial charge on any atom is -0.480 e. The molecule has 0 rings (SSSR count). The molecule has 12 heavy (non-hydrogen) atoms. The Kier molecular flexibility index (Phi) is 4.50. The first-order chi connectivity index (χ1) is 5.49. The lowest BCUT2D eigenvalue weighted by atomic mass is 10.3. The standard InChI is InChI=1S/C6H12N2O3S/c1-8(2)6(11)7-4(3-12)5(9)10/h4,12H,3H2,1-2H3,(H,7,11)(H,9,10). The Balaban J connectivity index is 4.03. The van der Waals surface area contributed by atoms with Gasteiger partial charge in [-0.25, -0.2) is 9.59 Å². The van der Waals surface area contributed by atoms with Gasteiger partial charge in [-0.15, -0.1) is 0 Å². The van der Waals surface area contributed by atoms with E-state index in [0.29, 0.717) is 0 Å². The number of carboxylic acids is 1. The van der Waals surface area contributed by atoms with E-state index in [2.05, 4.69) is 17.9 Å². The summed E-state index contributed by atoms with van der Waals surface area (Å²) >= 11 is 3.78. The van der Waals surface area contributed by atoms with Gasteiger partial charge in [0, 0.05) is 19.8 Å². The summed E-state index contributed by atoms with van der Waals surface area (Å²) in [5, 5.41) is 10.8. The molecule has 0 saturated carbocycles. The van der Waals surface area contributed by atoms with Crippen LogP contribution in [0.1, 0.15) is 0 Å². The van der Waals surface area contributed by atoms with E-state index >= 15 is 0 Å². The van der Waals surface area contributed by atoms with Crippen molar-refractivity contribution in [1.82, 2.24) is 10.2 Å². The summed E-state index contributed by atoms with van der Waals surface area (Å²) in [4.78, 5) is 22.6. The molecule has 0 aromatic carbocycles. The summed E-state index contributed by atoms with van der Waals surface area (Å²) in [7, 11) is 3.07. The van der Waals surface area contributed by atoms with Gasteiger partial charge in [0.1, 0.15) is 6.04 Å². The second-order valence-electron chi connectivity index (χ2n) is 2.42. The maximum atomic E-state index is 10.9. The van der Waals surface area contributed by atoms with Crippen molar-refractivity contribution in [3.63, 3.8) is 0 Å². The number of hydrogen-bond donors (Lipinski definition) is 3. The fourth-order valence-electron chi connectivity index (χ4n) is 0.464. The zero-order valence-corrected chi connectivity index (χ0v) is 7.84. The number of carbonyl (C=O) groups is 2. The Bertz CT molecular complexity index is 184. The molecule has 0 aromatic rings. The molecule has 5 nitrogen and oxygen atoms in total. The summed E-state index contributed by atoms with van der Waals surface area (Å²) < 4.78 is 0. The van der Waals surface area contributed by atoms with Gasteiger partial charge in [-0.1, -0.05) is 0 Å². The minimum atomic E-state index is -1.08. The molecule has 0 radical (unpaired) electrons. The summed E-state index contributed by atoms with van der Waals surface area (Å²) in [5.41, 5.74) is 0. The third-order valence-corrected chi connectivity index (χ3v) is 1.55. The SMILES string of the molecule is CN(C)C(=O)NC(CS)C(=O)O. The van der Waals surface area contributed by atoms with Crippen molar-refractivity contribution in [3.8, 4) is 0 Å². The molecule has 0 aromatic heterocycles. The number of carboxylic acid groups (broad SMARTS) is 1. The molecule has 70 valence electrons. The quantitative estimate of drug-likeness (QED) is 0.535. The number of carbonyl (C=O) groups excluding carboxylic acids is 1. The molecule has 0 heterocycles. The van der Waals surface area contributed by atoms with Gasteiger partial charge in [0.15, 0.2) is 0 Å². The zero-order valence-electron chi connectivity index (χ0n) is 6.94. The Labute approximate surface area is 76.1 Å². The third-order valence-electron chi connectivity index (χ3n) is 1.18. The molecule has 6 heteroatoms. The maximum Gasteiger partial charge on any atom is 0.327 e. The van der Waals surface area contributed by atoms with Gasteiger partial charge in [0.2, 0.25) is 0 Å². The number of rotatable bonds is 3. The van der Waals surface area contributed by atoms with Crippen LogP contribution in [0.4, 0.5) is 4.79 Å². The average molecular weight is 192 g/mol. The molecule has 0 aliphatic rings. The van der Waals surface area contributed by atoms with Gasteiger partial charge in [-0.3, -0.25) is 0 Å². The van der Waals surface area contributed by atoms with E-state index < -0.39 is 18.0 Å². The summed E-state index contributed by atoms with van der Waals surface area (Å²) in [5.74, 6) is -1.00. The van der Waals surface area contributed by atoms with Crippen molar-refractivity contribution in [2.45, 2.75) is 6.04 Å². The number of aliphatic carboxylic acids is 1. The molecule has 0 saturated heterocycles. The van der Waals surface area contributed by atoms with Crippen molar-refractivity contribution >= 4 is 24.6 Å². The van der Waals surface area contributed by atoms with E-state index in [1.165, 1.54) is 19.0 Å². The predicted molar refractivity (Wildman–Crippen MR) is 47.5 cm³/mol. The van der Waals surface area contributed by atoms with E-state index in [1.807, 2.05) is 0 Å². The Morgan fingerprint density at radius 2 is 2.08 bits per heavy atom. The molecular formula is C6H12N2O3S. The Hall–Kier alpha value is -0.910. The molecule has 0 bridgehead atoms. The Morgan fingerprint density at radius 1 is 1.58 bits per heavy atom. The molecule has 0 aliphatic heterocycles. The van der Waals surface area contributed by atoms with Crippen LogP contribution < -0.4 is 5.32 Å². The lowest BCUT2D eigenvalue weighted by molar-refractivity contribution is -0.138. The minimum absolute atomic E-state index is 0.0783. The number of amides is 2. The topological polar surface area (TPSA) is 69.6 Å². The second-order valence-corrected chi connectivity index (χ2v) is 2.78. The number of thiol groups is 1. The van der Waals surface area contributed by atoms with Crippen molar-refractivity contribution in [2.24, 2.45) is 0 Å². The molecule has 1 unspecified atom stereocenters. The lowest BCUT2D eigenvalue weighted by Crippen LogP contribution is -2.46. The third kappa shape index (κ3) is 3.47. The highest BCUT2D eigenvalue weighted by atomic mass is 32.1. The monoisotopic (exact) mass is 192 g/mol. The number of urea groups is 1. The van der Waals surface area contributed by atoms with Crippen LogP contribution in [0.2, 0.25) is 0 Å². The number of nitrogens with zero attached hydrogens (tertiary/aromatic N) is 1. The van der Waals surface area contributed by atoms with Crippen LogP contribution in [-0.4, -0.2) is 47.9 Å². The fraction of sp³-hybridized carbons (Fsp3) is 0.667. The fourth-order valence-corrected chi connectivity index (χ4v) is 0.711. The average Bonchev–Trinajstić information content (AvgIpc) is 1.98. The number of nitrogens with one attached hydrogen (secondary N) is 1. The van der Waals surface area contributed by atoms with Crippen LogP contribution in [0, 0.1) is 0 Å². The summed E-state index contributed by atoms with van der Waals surface area (Å²) in [6.07, 6.45) is 0. The smallest absolute Gasteiger partial charge is 0.327 e. The highest BCUT2D eigenvalue weighted by Crippen LogP contribution is 1.89. The van der Waals surface area contributed by atoms with E-state index in [-0.39, 0.29) is 5.75 Å². The molecule has 2 N–H and O–H groups in total. The van der Waals surface area contributed by atoms with Crippen LogP contribution >= 0.6 is 12.6 Å². The molecule has 0 aliphatic carbocycles. The van der Waals surface area contributed by atoms with Crippen LogP contribution in [0.5, 0.6) is 0 Å². The molecule has 1 atom stereocenters. The second kappa shape index (κ2) is 4.87. The first kappa shape index (κ1) is 11.1. The van der Waals surface area contributed by atoms with Crippen LogP contribution in [0.25, 0.3) is 0 Å². The molecule has 0 fully saturated rings. The molecule has 2 amide bonds. The molecule has 0 spiro atoms. The first-order valence-electron chi connectivity index (χ1n) is 3.30. The molecular weight excluding hydrogens is 180 g/mol. The first-order valence-corrected chi connectivity index (χ1v) is 3.93. The number of hydrogen-bond acceptors (Lipinski definition) is 3. The van der Waals surface area contributed by atoms with Gasteiger partial charge in [-0.2, -0.15) is 12.6 Å². The van der Waals surface area contributed by atoms with Crippen molar-refractivity contribution in [3.05, 3.63) is 0 Å². The van der Waals surface area contributed by atoms with Crippen LogP contribution in [0.3, 0.4) is 0 Å². The van der Waals surface area contributed by atoms with Crippen molar-refractivity contribution in [1.29, 1.82) is 0 Å². The zero-order chi connectivity index (χ0) is 9.72. The Morgan fingerprint density at radius 3 is 2.33 bits per heavy atom. The van der Waals surface area contributed by atoms with E-state index in [9.17, 15) is 9.59 Å². The predicted octanol–water partition coefficient (Wildman–Crippen LogP) is -0.359. The van der Waals surface area contributed by atoms with Gasteiger partial charge in [-0.05, 0) is 0 Å². The van der Waals surface area contributed by atoms with E-state index in [1.54, 1.807) is 0 Å². The maximum absolute atomic E-state index is 10.9. The van der Waals surface area contributed by atoms with Gasteiger partial charge < -0.3 is 15.3 Å². The summed E-state index contributed by atoms with van der Waals surface area (Å²) in [6.45, 7) is 0. The van der Waals surface area contributed by atoms with Crippen LogP contribution in [-0.2, 0) is 4.79 Å². The normalized spacial score (nSPS) is 11.9. The lowest BCUT2D eigenvalue weighted by Gasteiger charge is -2.16. The summed E-state index contributed by atoms with van der Waals surface area (Å²) in [6, 6.07) is -1.36. The van der Waals surface area contributed by atoms with Gasteiger partial charge in [0.25, 0.3) is 0 Å². The van der Waals surface area contributed by atoms with Crippen molar-refractivity contribution < 1.29 is 14.7 Å². The van der Waals surface area contributed by atoms with E-state index in [0.717, 1.165) is 0 Å². The highest BCUT2D eigenvalue weighted by molar-refractivity contribution is 7.80.